The summed E-state index contributed by atoms with van der Waals surface area (Å²) in [7, 11) is 0.157. The first kappa shape index (κ1) is 43.7. The van der Waals surface area contributed by atoms with Crippen molar-refractivity contribution in [3.05, 3.63) is 104 Å². The average molecular weight is 771 g/mol. The van der Waals surface area contributed by atoms with E-state index in [4.69, 9.17) is 18.5 Å². The Morgan fingerprint density at radius 3 is 1.17 bits per heavy atom. The second-order valence-electron chi connectivity index (χ2n) is 16.6. The van der Waals surface area contributed by atoms with Crippen LogP contribution in [0.2, 0.25) is 0 Å². The van der Waals surface area contributed by atoms with Gasteiger partial charge in [0.15, 0.2) is 10.7 Å². The van der Waals surface area contributed by atoms with E-state index in [1.54, 1.807) is 0 Å². The van der Waals surface area contributed by atoms with Crippen LogP contribution in [0.5, 0.6) is 23.0 Å². The van der Waals surface area contributed by atoms with E-state index in [0.29, 0.717) is 0 Å². The van der Waals surface area contributed by atoms with Crippen molar-refractivity contribution in [1.82, 2.24) is 0 Å². The predicted molar refractivity (Wildman–Crippen MR) is 237 cm³/mol. The van der Waals surface area contributed by atoms with Gasteiger partial charge in [-0.05, 0) is 151 Å². The van der Waals surface area contributed by atoms with Gasteiger partial charge < -0.3 is 18.5 Å². The van der Waals surface area contributed by atoms with Gasteiger partial charge in [-0.3, -0.25) is 0 Å². The predicted octanol–water partition coefficient (Wildman–Crippen LogP) is 15.2. The molecule has 6 heteroatoms. The SMILES string of the molecule is CCCC(C)(Oc1ccc(C)cc1C)POc1c(C(C)C)cc(C)c(C)c1-c1c(C)c(C)cc(C(C)C)c1OPC(C)(CCC)Oc1ccc(C)cc1C. The Morgan fingerprint density at radius 2 is 0.870 bits per heavy atom. The van der Waals surface area contributed by atoms with E-state index in [9.17, 15) is 0 Å². The van der Waals surface area contributed by atoms with Gasteiger partial charge >= 0.3 is 0 Å². The Hall–Kier alpha value is -3.06. The smallest absolute Gasteiger partial charge is 0.158 e. The minimum Gasteiger partial charge on any atom is -0.480 e. The molecule has 4 nitrogen and oxygen atoms in total. The third kappa shape index (κ3) is 10.2. The maximum atomic E-state index is 7.23. The number of hydrogen-bond donors (Lipinski definition) is 0. The Morgan fingerprint density at radius 1 is 0.519 bits per heavy atom. The standard InChI is InChI=1S/C48H68O4P2/c1-17-23-47(15,49-41-21-19-31(7)25-35(41)11)53-51-45-39(29(3)4)27-33(9)37(13)43(45)44-38(14)34(10)28-40(30(5)6)46(44)52-54-48(16,24-18-2)50-42-22-20-32(8)26-36(42)12/h19-22,25-30,53-54H,17-18,23-24H2,1-16H3. The Labute approximate surface area is 332 Å². The van der Waals surface area contributed by atoms with Crippen molar-refractivity contribution in [3.63, 3.8) is 0 Å². The fourth-order valence-electron chi connectivity index (χ4n) is 7.35. The van der Waals surface area contributed by atoms with Gasteiger partial charge in [-0.15, -0.1) is 0 Å². The normalized spacial score (nSPS) is 14.3. The third-order valence-corrected chi connectivity index (χ3v) is 12.9. The highest BCUT2D eigenvalue weighted by molar-refractivity contribution is 7.34. The lowest BCUT2D eigenvalue weighted by Gasteiger charge is -2.34. The van der Waals surface area contributed by atoms with Gasteiger partial charge in [0.05, 0.1) is 0 Å². The Balaban J connectivity index is 1.90. The van der Waals surface area contributed by atoms with Crippen LogP contribution in [0.3, 0.4) is 0 Å². The lowest BCUT2D eigenvalue weighted by atomic mass is 9.84. The van der Waals surface area contributed by atoms with Crippen molar-refractivity contribution >= 4 is 17.6 Å². The highest BCUT2D eigenvalue weighted by atomic mass is 31.1. The molecule has 4 unspecified atom stereocenters. The Bertz CT molecular complexity index is 1790. The average Bonchev–Trinajstić information content (AvgIpc) is 3.08. The summed E-state index contributed by atoms with van der Waals surface area (Å²) in [4.78, 5) is 0. The van der Waals surface area contributed by atoms with Gasteiger partial charge in [0, 0.05) is 11.1 Å². The van der Waals surface area contributed by atoms with Gasteiger partial charge in [0.25, 0.3) is 0 Å². The van der Waals surface area contributed by atoms with Crippen molar-refractivity contribution in [2.24, 2.45) is 0 Å². The molecular weight excluding hydrogens is 702 g/mol. The zero-order chi connectivity index (χ0) is 40.1. The molecule has 0 aliphatic rings. The number of hydrogen-bond acceptors (Lipinski definition) is 4. The summed E-state index contributed by atoms with van der Waals surface area (Å²) in [5.74, 6) is 4.22. The van der Waals surface area contributed by atoms with Crippen LogP contribution in [-0.4, -0.2) is 10.7 Å². The summed E-state index contributed by atoms with van der Waals surface area (Å²) in [5.41, 5.74) is 14.4. The van der Waals surface area contributed by atoms with E-state index in [0.717, 1.165) is 70.9 Å². The lowest BCUT2D eigenvalue weighted by molar-refractivity contribution is 0.161. The van der Waals surface area contributed by atoms with E-state index >= 15 is 0 Å². The third-order valence-electron chi connectivity index (χ3n) is 10.7. The van der Waals surface area contributed by atoms with Crippen LogP contribution in [0.25, 0.3) is 11.1 Å². The van der Waals surface area contributed by atoms with Crippen molar-refractivity contribution in [2.75, 3.05) is 0 Å². The molecule has 0 aromatic heterocycles. The molecule has 0 N–H and O–H groups in total. The van der Waals surface area contributed by atoms with Crippen LogP contribution in [0.4, 0.5) is 0 Å². The minimum atomic E-state index is -0.502. The maximum Gasteiger partial charge on any atom is 0.158 e. The molecule has 0 aliphatic heterocycles. The van der Waals surface area contributed by atoms with Gasteiger partial charge in [-0.2, -0.15) is 0 Å². The second kappa shape index (κ2) is 18.3. The molecule has 294 valence electrons. The van der Waals surface area contributed by atoms with Gasteiger partial charge in [0.1, 0.15) is 40.6 Å². The molecule has 0 amide bonds. The molecule has 54 heavy (non-hydrogen) atoms. The summed E-state index contributed by atoms with van der Waals surface area (Å²) in [6.45, 7) is 35.4. The van der Waals surface area contributed by atoms with Gasteiger partial charge in [0.2, 0.25) is 0 Å². The summed E-state index contributed by atoms with van der Waals surface area (Å²) in [6.07, 6.45) is 3.73. The zero-order valence-electron chi connectivity index (χ0n) is 36.2. The zero-order valence-corrected chi connectivity index (χ0v) is 38.2. The van der Waals surface area contributed by atoms with Crippen molar-refractivity contribution in [3.8, 4) is 34.1 Å². The molecule has 0 radical (unpaired) electrons. The molecule has 4 aromatic rings. The molecule has 0 bridgehead atoms. The van der Waals surface area contributed by atoms with Crippen LogP contribution in [-0.2, 0) is 0 Å². The number of ether oxygens (including phenoxy) is 2. The number of aryl methyl sites for hydroxylation is 6. The molecule has 4 rings (SSSR count). The summed E-state index contributed by atoms with van der Waals surface area (Å²) >= 11 is 0. The van der Waals surface area contributed by atoms with Crippen LogP contribution < -0.4 is 18.5 Å². The van der Waals surface area contributed by atoms with Crippen LogP contribution in [0, 0.1) is 55.4 Å². The van der Waals surface area contributed by atoms with Gasteiger partial charge in [-0.25, -0.2) is 0 Å². The highest BCUT2D eigenvalue weighted by Crippen LogP contribution is 2.54. The van der Waals surface area contributed by atoms with Gasteiger partial charge in [-0.1, -0.05) is 102 Å². The quantitative estimate of drug-likeness (QED) is 0.100. The van der Waals surface area contributed by atoms with Crippen molar-refractivity contribution in [2.45, 2.75) is 159 Å². The first-order valence-electron chi connectivity index (χ1n) is 20.0. The van der Waals surface area contributed by atoms with E-state index in [1.807, 2.05) is 0 Å². The summed E-state index contributed by atoms with van der Waals surface area (Å²) in [5, 5.41) is -1.00. The molecule has 0 saturated carbocycles. The minimum absolute atomic E-state index is 0.0786. The van der Waals surface area contributed by atoms with E-state index in [1.165, 1.54) is 44.5 Å². The molecule has 4 aromatic carbocycles. The molecular formula is C48H68O4P2. The van der Waals surface area contributed by atoms with Crippen LogP contribution in [0.15, 0.2) is 48.5 Å². The summed E-state index contributed by atoms with van der Waals surface area (Å²) < 4.78 is 28.2. The molecule has 0 saturated heterocycles. The van der Waals surface area contributed by atoms with E-state index < -0.39 is 10.7 Å². The monoisotopic (exact) mass is 770 g/mol. The fraction of sp³-hybridized carbons (Fsp3) is 0.500. The van der Waals surface area contributed by atoms with Crippen molar-refractivity contribution < 1.29 is 18.5 Å². The number of benzene rings is 4. The largest absolute Gasteiger partial charge is 0.480 e. The van der Waals surface area contributed by atoms with E-state index in [-0.39, 0.29) is 29.5 Å². The van der Waals surface area contributed by atoms with Crippen LogP contribution in [0.1, 0.15) is 149 Å². The molecule has 4 atom stereocenters. The Kier molecular flexibility index (Phi) is 14.8. The second-order valence-corrected chi connectivity index (χ2v) is 19.6. The topological polar surface area (TPSA) is 36.9 Å². The van der Waals surface area contributed by atoms with Crippen molar-refractivity contribution in [1.29, 1.82) is 0 Å². The first-order valence-corrected chi connectivity index (χ1v) is 21.8. The molecule has 0 aliphatic carbocycles. The number of rotatable bonds is 17. The highest BCUT2D eigenvalue weighted by Gasteiger charge is 2.34. The lowest BCUT2D eigenvalue weighted by Crippen LogP contribution is -2.28. The first-order chi connectivity index (χ1) is 25.3. The molecule has 0 spiro atoms. The van der Waals surface area contributed by atoms with Crippen LogP contribution >= 0.6 is 17.6 Å². The fourth-order valence-corrected chi connectivity index (χ4v) is 9.43. The summed E-state index contributed by atoms with van der Waals surface area (Å²) in [6, 6.07) is 17.5. The molecule has 0 fully saturated rings. The maximum absolute atomic E-state index is 7.23. The van der Waals surface area contributed by atoms with E-state index in [2.05, 4.69) is 159 Å². The molecule has 0 heterocycles.